The lowest BCUT2D eigenvalue weighted by atomic mass is 9.99. The first kappa shape index (κ1) is 14.5. The number of hydrogen-bond donors (Lipinski definition) is 0. The molecule has 1 aliphatic heterocycles. The lowest BCUT2D eigenvalue weighted by Crippen LogP contribution is -2.39. The zero-order valence-corrected chi connectivity index (χ0v) is 11.8. The molecule has 0 saturated carbocycles. The summed E-state index contributed by atoms with van der Waals surface area (Å²) in [5, 5.41) is 0. The van der Waals surface area contributed by atoms with Crippen molar-refractivity contribution >= 4 is 17.3 Å². The molecule has 0 N–H and O–H groups in total. The molecule has 106 valence electrons. The quantitative estimate of drug-likeness (QED) is 0.706. The molecule has 0 aliphatic carbocycles. The molecule has 19 heavy (non-hydrogen) atoms. The van der Waals surface area contributed by atoms with Gasteiger partial charge in [-0.1, -0.05) is 6.07 Å². The predicted octanol–water partition coefficient (Wildman–Crippen LogP) is 4.82. The van der Waals surface area contributed by atoms with Crippen molar-refractivity contribution in [3.8, 4) is 0 Å². The van der Waals surface area contributed by atoms with E-state index in [1.165, 1.54) is 0 Å². The molecule has 2 rings (SSSR count). The van der Waals surface area contributed by atoms with Crippen molar-refractivity contribution in [2.24, 2.45) is 0 Å². The minimum atomic E-state index is -4.35. The maximum atomic E-state index is 13.2. The number of rotatable bonds is 2. The fourth-order valence-corrected chi connectivity index (χ4v) is 2.85. The topological polar surface area (TPSA) is 3.24 Å². The van der Waals surface area contributed by atoms with Gasteiger partial charge in [-0.2, -0.15) is 13.2 Å². The molecular weight excluding hydrogens is 275 g/mol. The van der Waals surface area contributed by atoms with Gasteiger partial charge in [0.15, 0.2) is 0 Å². The SMILES string of the molecule is CC1(C)CCCN1c1ccc(CCl)cc1C(F)(F)F. The molecule has 0 unspecified atom stereocenters. The highest BCUT2D eigenvalue weighted by Crippen LogP contribution is 2.42. The van der Waals surface area contributed by atoms with Crippen LogP contribution in [-0.2, 0) is 12.1 Å². The zero-order chi connectivity index (χ0) is 14.3. The van der Waals surface area contributed by atoms with Crippen molar-refractivity contribution in [3.63, 3.8) is 0 Å². The minimum Gasteiger partial charge on any atom is -0.366 e. The summed E-state index contributed by atoms with van der Waals surface area (Å²) in [7, 11) is 0. The highest BCUT2D eigenvalue weighted by atomic mass is 35.5. The van der Waals surface area contributed by atoms with Gasteiger partial charge in [-0.3, -0.25) is 0 Å². The Kier molecular flexibility index (Phi) is 3.74. The van der Waals surface area contributed by atoms with Gasteiger partial charge in [-0.05, 0) is 44.4 Å². The highest BCUT2D eigenvalue weighted by molar-refractivity contribution is 6.17. The standard InChI is InChI=1S/C14H17ClF3N/c1-13(2)6-3-7-19(13)12-5-4-10(9-15)8-11(12)14(16,17)18/h4-5,8H,3,6-7,9H2,1-2H3. The first-order valence-electron chi connectivity index (χ1n) is 6.29. The summed E-state index contributed by atoms with van der Waals surface area (Å²) in [6.45, 7) is 4.63. The molecule has 0 bridgehead atoms. The van der Waals surface area contributed by atoms with Crippen LogP contribution in [0.4, 0.5) is 18.9 Å². The predicted molar refractivity (Wildman–Crippen MR) is 71.7 cm³/mol. The number of benzene rings is 1. The zero-order valence-electron chi connectivity index (χ0n) is 11.0. The smallest absolute Gasteiger partial charge is 0.366 e. The van der Waals surface area contributed by atoms with Crippen LogP contribution in [0, 0.1) is 0 Å². The van der Waals surface area contributed by atoms with Crippen LogP contribution >= 0.6 is 11.6 Å². The van der Waals surface area contributed by atoms with Crippen molar-refractivity contribution < 1.29 is 13.2 Å². The van der Waals surface area contributed by atoms with E-state index in [2.05, 4.69) is 0 Å². The van der Waals surface area contributed by atoms with Crippen molar-refractivity contribution in [3.05, 3.63) is 29.3 Å². The van der Waals surface area contributed by atoms with Gasteiger partial charge in [-0.25, -0.2) is 0 Å². The molecular formula is C14H17ClF3N. The van der Waals surface area contributed by atoms with Gasteiger partial charge in [0.05, 0.1) is 5.56 Å². The molecule has 0 amide bonds. The van der Waals surface area contributed by atoms with Gasteiger partial charge in [0, 0.05) is 23.7 Å². The van der Waals surface area contributed by atoms with Crippen molar-refractivity contribution in [1.82, 2.24) is 0 Å². The van der Waals surface area contributed by atoms with E-state index < -0.39 is 11.7 Å². The van der Waals surface area contributed by atoms with Crippen LogP contribution in [0.5, 0.6) is 0 Å². The normalized spacial score (nSPS) is 18.9. The molecule has 1 aromatic carbocycles. The molecule has 1 heterocycles. The Balaban J connectivity index is 2.51. The van der Waals surface area contributed by atoms with Crippen LogP contribution in [-0.4, -0.2) is 12.1 Å². The third-order valence-electron chi connectivity index (χ3n) is 3.71. The van der Waals surface area contributed by atoms with Crippen LogP contribution in [0.25, 0.3) is 0 Å². The lowest BCUT2D eigenvalue weighted by Gasteiger charge is -2.35. The number of hydrogen-bond acceptors (Lipinski definition) is 1. The molecule has 1 fully saturated rings. The summed E-state index contributed by atoms with van der Waals surface area (Å²) < 4.78 is 39.6. The van der Waals surface area contributed by atoms with E-state index in [9.17, 15) is 13.2 Å². The Morgan fingerprint density at radius 2 is 2.00 bits per heavy atom. The molecule has 5 heteroatoms. The van der Waals surface area contributed by atoms with Crippen LogP contribution in [0.3, 0.4) is 0 Å². The van der Waals surface area contributed by atoms with Crippen molar-refractivity contribution in [1.29, 1.82) is 0 Å². The van der Waals surface area contributed by atoms with Gasteiger partial charge >= 0.3 is 6.18 Å². The van der Waals surface area contributed by atoms with Crippen molar-refractivity contribution in [2.45, 2.75) is 44.3 Å². The molecule has 0 aromatic heterocycles. The lowest BCUT2D eigenvalue weighted by molar-refractivity contribution is -0.137. The van der Waals surface area contributed by atoms with Gasteiger partial charge < -0.3 is 4.90 Å². The average molecular weight is 292 g/mol. The van der Waals surface area contributed by atoms with E-state index in [1.807, 2.05) is 18.7 Å². The van der Waals surface area contributed by atoms with Gasteiger partial charge in [0.2, 0.25) is 0 Å². The second-order valence-corrected chi connectivity index (χ2v) is 5.82. The number of halogens is 4. The van der Waals surface area contributed by atoms with E-state index in [1.54, 1.807) is 12.1 Å². The molecule has 0 radical (unpaired) electrons. The Hall–Kier alpha value is -0.900. The maximum Gasteiger partial charge on any atom is 0.418 e. The van der Waals surface area contributed by atoms with E-state index in [-0.39, 0.29) is 17.1 Å². The first-order chi connectivity index (χ1) is 8.75. The molecule has 1 nitrogen and oxygen atoms in total. The Labute approximate surface area is 116 Å². The largest absolute Gasteiger partial charge is 0.418 e. The van der Waals surface area contributed by atoms with Gasteiger partial charge in [-0.15, -0.1) is 11.6 Å². The Morgan fingerprint density at radius 3 is 2.47 bits per heavy atom. The maximum absolute atomic E-state index is 13.2. The minimum absolute atomic E-state index is 0.0900. The number of anilines is 1. The third kappa shape index (κ3) is 2.83. The summed E-state index contributed by atoms with van der Waals surface area (Å²) in [6, 6.07) is 4.39. The fourth-order valence-electron chi connectivity index (χ4n) is 2.68. The van der Waals surface area contributed by atoms with Crippen molar-refractivity contribution in [2.75, 3.05) is 11.4 Å². The molecule has 1 aromatic rings. The summed E-state index contributed by atoms with van der Waals surface area (Å²) in [4.78, 5) is 1.85. The average Bonchev–Trinajstić information content (AvgIpc) is 2.67. The molecule has 0 atom stereocenters. The Morgan fingerprint density at radius 1 is 1.32 bits per heavy atom. The number of alkyl halides is 4. The highest BCUT2D eigenvalue weighted by Gasteiger charge is 2.39. The van der Waals surface area contributed by atoms with Crippen LogP contribution in [0.1, 0.15) is 37.8 Å². The summed E-state index contributed by atoms with van der Waals surface area (Å²) in [6.07, 6.45) is -2.53. The van der Waals surface area contributed by atoms with E-state index in [0.29, 0.717) is 12.1 Å². The van der Waals surface area contributed by atoms with E-state index in [4.69, 9.17) is 11.6 Å². The van der Waals surface area contributed by atoms with Crippen LogP contribution in [0.15, 0.2) is 18.2 Å². The number of nitrogens with zero attached hydrogens (tertiary/aromatic N) is 1. The summed E-state index contributed by atoms with van der Waals surface area (Å²) in [5.41, 5.74) is -0.0538. The van der Waals surface area contributed by atoms with Crippen LogP contribution < -0.4 is 4.90 Å². The first-order valence-corrected chi connectivity index (χ1v) is 6.83. The van der Waals surface area contributed by atoms with Crippen LogP contribution in [0.2, 0.25) is 0 Å². The van der Waals surface area contributed by atoms with E-state index in [0.717, 1.165) is 18.9 Å². The molecule has 0 spiro atoms. The Bertz CT molecular complexity index is 468. The third-order valence-corrected chi connectivity index (χ3v) is 4.02. The summed E-state index contributed by atoms with van der Waals surface area (Å²) >= 11 is 5.64. The van der Waals surface area contributed by atoms with Gasteiger partial charge in [0.1, 0.15) is 0 Å². The second-order valence-electron chi connectivity index (χ2n) is 5.55. The molecule has 1 saturated heterocycles. The summed E-state index contributed by atoms with van der Waals surface area (Å²) in [5.74, 6) is 0.0900. The molecule has 1 aliphatic rings. The monoisotopic (exact) mass is 291 g/mol. The van der Waals surface area contributed by atoms with E-state index >= 15 is 0 Å². The fraction of sp³-hybridized carbons (Fsp3) is 0.571. The van der Waals surface area contributed by atoms with Gasteiger partial charge in [0.25, 0.3) is 0 Å². The second kappa shape index (κ2) is 4.89.